The van der Waals surface area contributed by atoms with Gasteiger partial charge < -0.3 is 0 Å². The van der Waals surface area contributed by atoms with E-state index in [-0.39, 0.29) is 19.5 Å². The van der Waals surface area contributed by atoms with Gasteiger partial charge in [0.25, 0.3) is 0 Å². The minimum atomic E-state index is -4.01. The van der Waals surface area contributed by atoms with Crippen LogP contribution in [0.5, 0.6) is 0 Å². The smallest absolute Gasteiger partial charge is 0.214 e. The molecule has 34 heavy (non-hydrogen) atoms. The van der Waals surface area contributed by atoms with E-state index in [0.717, 1.165) is 77.0 Å². The monoisotopic (exact) mass is 518 g/mol. The Bertz CT molecular complexity index is 727. The molecule has 0 spiro atoms. The molecule has 0 aromatic carbocycles. The molecule has 10 heteroatoms. The summed E-state index contributed by atoms with van der Waals surface area (Å²) in [7, 11) is -8.01. The van der Waals surface area contributed by atoms with E-state index in [0.29, 0.717) is 32.1 Å². The van der Waals surface area contributed by atoms with Crippen molar-refractivity contribution < 1.29 is 16.8 Å². The number of nitrogens with zero attached hydrogens (tertiary/aromatic N) is 2. The Balaban J connectivity index is 4.69. The Hall–Kier alpha value is -1.20. The molecule has 0 atom stereocenters. The fourth-order valence-electron chi connectivity index (χ4n) is 3.73. The molecular formula is C24H46N4O4S2. The fraction of sp³-hybridized carbons (Fsp3) is 0.917. The summed E-state index contributed by atoms with van der Waals surface area (Å²) in [6.07, 6.45) is 14.1. The van der Waals surface area contributed by atoms with Crippen LogP contribution in [0.25, 0.3) is 0 Å². The number of unbranched alkanes of at least 4 members (excludes halogenated alkanes) is 14. The molecule has 2 N–H and O–H groups in total. The van der Waals surface area contributed by atoms with Gasteiger partial charge in [-0.1, -0.05) is 77.6 Å². The van der Waals surface area contributed by atoms with Crippen molar-refractivity contribution in [2.24, 2.45) is 0 Å². The van der Waals surface area contributed by atoms with Crippen LogP contribution in [0, 0.1) is 22.7 Å². The first-order valence-electron chi connectivity index (χ1n) is 13.0. The van der Waals surface area contributed by atoms with Gasteiger partial charge in [-0.05, 0) is 32.1 Å². The molecule has 0 aromatic rings. The number of nitriles is 2. The molecule has 0 aliphatic rings. The quantitative estimate of drug-likeness (QED) is 0.167. The lowest BCUT2D eigenvalue weighted by molar-refractivity contribution is 0.535. The van der Waals surface area contributed by atoms with Crippen LogP contribution >= 0.6 is 0 Å². The molecule has 0 aliphatic heterocycles. The average molecular weight is 519 g/mol. The number of hydrogen-bond acceptors (Lipinski definition) is 6. The third-order valence-corrected chi connectivity index (χ3v) is 10.4. The summed E-state index contributed by atoms with van der Waals surface area (Å²) in [5.41, 5.74) is 0. The van der Waals surface area contributed by atoms with Crippen LogP contribution in [0.3, 0.4) is 0 Å². The highest BCUT2D eigenvalue weighted by atomic mass is 32.3. The van der Waals surface area contributed by atoms with E-state index in [4.69, 9.17) is 10.5 Å². The predicted molar refractivity (Wildman–Crippen MR) is 138 cm³/mol. The molecule has 0 aliphatic carbocycles. The van der Waals surface area contributed by atoms with E-state index >= 15 is 0 Å². The lowest BCUT2D eigenvalue weighted by atomic mass is 10.1. The third-order valence-electron chi connectivity index (χ3n) is 5.77. The highest BCUT2D eigenvalue weighted by Crippen LogP contribution is 2.18. The van der Waals surface area contributed by atoms with Crippen LogP contribution in [0.4, 0.5) is 0 Å². The van der Waals surface area contributed by atoms with Crippen molar-refractivity contribution in [2.45, 2.75) is 127 Å². The second-order valence-corrected chi connectivity index (χ2v) is 13.1. The normalized spacial score (nSPS) is 12.0. The zero-order valence-electron chi connectivity index (χ0n) is 21.1. The van der Waals surface area contributed by atoms with Gasteiger partial charge in [-0.2, -0.15) is 10.5 Å². The van der Waals surface area contributed by atoms with Crippen molar-refractivity contribution in [3.63, 3.8) is 0 Å². The van der Waals surface area contributed by atoms with Gasteiger partial charge >= 0.3 is 0 Å². The van der Waals surface area contributed by atoms with Gasteiger partial charge in [0.2, 0.25) is 20.0 Å². The van der Waals surface area contributed by atoms with E-state index in [1.54, 1.807) is 0 Å². The molecule has 0 heterocycles. The van der Waals surface area contributed by atoms with Gasteiger partial charge in [0.05, 0.1) is 12.1 Å². The highest BCUT2D eigenvalue weighted by molar-refractivity contribution is 8.07. The van der Waals surface area contributed by atoms with Crippen molar-refractivity contribution in [3.05, 3.63) is 0 Å². The van der Waals surface area contributed by atoms with Crippen LogP contribution in [-0.2, 0) is 20.0 Å². The SMILES string of the molecule is CCCCCCCC(S(=O)(=O)NCCCCCCCC#N)S(=O)(=O)NCCCCCCCC#N. The first kappa shape index (κ1) is 32.8. The Morgan fingerprint density at radius 1 is 0.588 bits per heavy atom. The molecule has 8 nitrogen and oxygen atoms in total. The van der Waals surface area contributed by atoms with Gasteiger partial charge in [0, 0.05) is 25.9 Å². The van der Waals surface area contributed by atoms with Crippen LogP contribution in [-0.4, -0.2) is 34.5 Å². The Morgan fingerprint density at radius 3 is 1.41 bits per heavy atom. The first-order chi connectivity index (χ1) is 16.3. The molecule has 0 aromatic heterocycles. The molecule has 0 radical (unpaired) electrons. The van der Waals surface area contributed by atoms with E-state index in [2.05, 4.69) is 28.5 Å². The van der Waals surface area contributed by atoms with E-state index < -0.39 is 24.6 Å². The van der Waals surface area contributed by atoms with Crippen molar-refractivity contribution >= 4 is 20.0 Å². The fourth-order valence-corrected chi connectivity index (χ4v) is 7.65. The minimum absolute atomic E-state index is 0.0939. The number of hydrogen-bond donors (Lipinski definition) is 2. The van der Waals surface area contributed by atoms with Crippen LogP contribution in [0.2, 0.25) is 0 Å². The number of rotatable bonds is 24. The molecule has 0 rings (SSSR count). The standard InChI is InChI=1S/C24H46N4O4S2/c1-2-3-4-9-14-19-24(33(29,30)27-22-17-12-7-5-10-15-20-25)34(31,32)28-23-18-13-8-6-11-16-21-26/h24,27-28H,2-19,22-23H2,1H3. The zero-order valence-corrected chi connectivity index (χ0v) is 22.7. The second kappa shape index (κ2) is 21.1. The van der Waals surface area contributed by atoms with Crippen molar-refractivity contribution in [3.8, 4) is 12.1 Å². The van der Waals surface area contributed by atoms with Crippen LogP contribution < -0.4 is 9.44 Å². The molecule has 0 saturated heterocycles. The van der Waals surface area contributed by atoms with Gasteiger partial charge in [-0.15, -0.1) is 0 Å². The van der Waals surface area contributed by atoms with Crippen molar-refractivity contribution in [1.29, 1.82) is 10.5 Å². The third kappa shape index (κ3) is 17.3. The summed E-state index contributed by atoms with van der Waals surface area (Å²) in [4.78, 5) is 0. The summed E-state index contributed by atoms with van der Waals surface area (Å²) in [5, 5.41) is 17.1. The zero-order chi connectivity index (χ0) is 25.5. The Kier molecular flexibility index (Phi) is 20.4. The van der Waals surface area contributed by atoms with Crippen molar-refractivity contribution in [2.75, 3.05) is 13.1 Å². The molecule has 0 saturated carbocycles. The maximum atomic E-state index is 12.9. The summed E-state index contributed by atoms with van der Waals surface area (Å²) in [5.74, 6) is 0. The maximum absolute atomic E-state index is 12.9. The largest absolute Gasteiger partial charge is 0.230 e. The number of nitrogens with one attached hydrogen (secondary N) is 2. The molecule has 198 valence electrons. The minimum Gasteiger partial charge on any atom is -0.214 e. The summed E-state index contributed by atoms with van der Waals surface area (Å²) >= 11 is 0. The van der Waals surface area contributed by atoms with Crippen molar-refractivity contribution in [1.82, 2.24) is 9.44 Å². The lowest BCUT2D eigenvalue weighted by Crippen LogP contribution is -2.45. The maximum Gasteiger partial charge on any atom is 0.230 e. The van der Waals surface area contributed by atoms with Gasteiger partial charge in [0.1, 0.15) is 0 Å². The van der Waals surface area contributed by atoms with Gasteiger partial charge in [0.15, 0.2) is 4.58 Å². The summed E-state index contributed by atoms with van der Waals surface area (Å²) in [6.45, 7) is 2.55. The predicted octanol–water partition coefficient (Wildman–Crippen LogP) is 5.24. The van der Waals surface area contributed by atoms with Crippen LogP contribution in [0.1, 0.15) is 122 Å². The van der Waals surface area contributed by atoms with E-state index in [1.165, 1.54) is 0 Å². The topological polar surface area (TPSA) is 140 Å². The molecule has 0 fully saturated rings. The van der Waals surface area contributed by atoms with E-state index in [9.17, 15) is 16.8 Å². The number of sulfonamides is 2. The summed E-state index contributed by atoms with van der Waals surface area (Å²) in [6, 6.07) is 4.22. The first-order valence-corrected chi connectivity index (χ1v) is 16.1. The molecule has 0 unspecified atom stereocenters. The average Bonchev–Trinajstić information content (AvgIpc) is 2.79. The highest BCUT2D eigenvalue weighted by Gasteiger charge is 2.36. The molecule has 0 amide bonds. The summed E-state index contributed by atoms with van der Waals surface area (Å²) < 4.78 is 55.2. The van der Waals surface area contributed by atoms with Gasteiger partial charge in [-0.3, -0.25) is 0 Å². The van der Waals surface area contributed by atoms with Gasteiger partial charge in [-0.25, -0.2) is 26.3 Å². The van der Waals surface area contributed by atoms with Crippen LogP contribution in [0.15, 0.2) is 0 Å². The lowest BCUT2D eigenvalue weighted by Gasteiger charge is -2.19. The molecule has 0 bridgehead atoms. The Labute approximate surface area is 209 Å². The van der Waals surface area contributed by atoms with E-state index in [1.807, 2.05) is 0 Å². The molecular weight excluding hydrogens is 472 g/mol. The second-order valence-electron chi connectivity index (χ2n) is 8.86. The Morgan fingerprint density at radius 2 is 0.971 bits per heavy atom.